The van der Waals surface area contributed by atoms with Gasteiger partial charge in [0.1, 0.15) is 53.3 Å². The van der Waals surface area contributed by atoms with Gasteiger partial charge in [0.25, 0.3) is 0 Å². The molecule has 3 N–H and O–H groups in total. The minimum Gasteiger partial charge on any atom is -0.492 e. The Labute approximate surface area is 303 Å². The topological polar surface area (TPSA) is 133 Å². The smallest absolute Gasteiger partial charge is 0.313 e. The number of nitrogen functional groups attached to an aromatic ring is 1. The summed E-state index contributed by atoms with van der Waals surface area (Å²) < 4.78 is 49.8. The fourth-order valence-electron chi connectivity index (χ4n) is 6.08. The molecule has 6 rings (SSSR count). The molecular formula is C39H48F2N4O7. The third-order valence-electron chi connectivity index (χ3n) is 8.67. The Morgan fingerprint density at radius 3 is 1.63 bits per heavy atom. The summed E-state index contributed by atoms with van der Waals surface area (Å²) in [5.41, 5.74) is 4.94. The molecule has 2 saturated heterocycles. The summed E-state index contributed by atoms with van der Waals surface area (Å²) >= 11 is 0. The summed E-state index contributed by atoms with van der Waals surface area (Å²) in [6.45, 7) is 9.91. The normalized spacial score (nSPS) is 19.8. The van der Waals surface area contributed by atoms with Crippen LogP contribution in [0.2, 0.25) is 0 Å². The van der Waals surface area contributed by atoms with E-state index in [1.165, 1.54) is 24.3 Å². The van der Waals surface area contributed by atoms with Crippen LogP contribution in [-0.4, -0.2) is 90.6 Å². The number of nitrogens with zero attached hydrogens (tertiary/aromatic N) is 3. The van der Waals surface area contributed by atoms with Gasteiger partial charge in [0.05, 0.1) is 16.7 Å². The number of nitro benzene ring substituents is 1. The fraction of sp³-hybridized carbons (Fsp3) is 0.385. The number of nitrogens with two attached hydrogens (primary N) is 1. The van der Waals surface area contributed by atoms with Crippen molar-refractivity contribution in [1.82, 2.24) is 9.80 Å². The Morgan fingerprint density at radius 1 is 0.731 bits per heavy atom. The van der Waals surface area contributed by atoms with Gasteiger partial charge in [0.15, 0.2) is 5.75 Å². The lowest BCUT2D eigenvalue weighted by Crippen LogP contribution is -2.37. The Bertz CT molecular complexity index is 1710. The van der Waals surface area contributed by atoms with Crippen LogP contribution in [0.3, 0.4) is 0 Å². The molecule has 2 atom stereocenters. The SMILES string of the molecule is CC1(Oc2ccc(F)cc2N)CCN(CCOc2ccccc2)C1.CC1(Oc2ccc(F)cc2[N+](=O)[O-])CCN(CCOc2ccccc2)C1.CO. The molecule has 0 aliphatic carbocycles. The van der Waals surface area contributed by atoms with Gasteiger partial charge in [-0.25, -0.2) is 8.78 Å². The Hall–Kier alpha value is -4.98. The van der Waals surface area contributed by atoms with Crippen molar-refractivity contribution >= 4 is 11.4 Å². The number of aliphatic hydroxyl groups is 1. The van der Waals surface area contributed by atoms with Gasteiger partial charge >= 0.3 is 5.69 Å². The van der Waals surface area contributed by atoms with Gasteiger partial charge in [-0.3, -0.25) is 19.9 Å². The largest absolute Gasteiger partial charge is 0.492 e. The van der Waals surface area contributed by atoms with E-state index in [4.69, 9.17) is 29.8 Å². The number of likely N-dealkylation sites (tertiary alicyclic amines) is 2. The summed E-state index contributed by atoms with van der Waals surface area (Å²) in [7, 11) is 1.00. The van der Waals surface area contributed by atoms with E-state index in [-0.39, 0.29) is 22.9 Å². The first-order chi connectivity index (χ1) is 25.0. The standard InChI is InChI=1S/C19H21FN2O4.C19H23FN2O2.CH4O/c1-19(26-18-8-7-15(20)13-17(18)22(23)24)9-10-21(14-19)11-12-25-16-5-3-2-4-6-16;1-19(24-18-8-7-15(20)13-17(18)21)9-10-22(14-19)11-12-23-16-5-3-2-4-6-16;1-2/h2-8,13H,9-12,14H2,1H3;2-8,13H,9-12,14,21H2,1H3;2H,1H3. The summed E-state index contributed by atoms with van der Waals surface area (Å²) in [6.07, 6.45) is 1.63. The third-order valence-corrected chi connectivity index (χ3v) is 8.67. The van der Waals surface area contributed by atoms with Crippen molar-refractivity contribution < 1.29 is 37.8 Å². The molecule has 11 nitrogen and oxygen atoms in total. The molecule has 4 aromatic rings. The van der Waals surface area contributed by atoms with Crippen LogP contribution in [0.25, 0.3) is 0 Å². The maximum absolute atomic E-state index is 13.3. The van der Waals surface area contributed by atoms with E-state index in [9.17, 15) is 18.9 Å². The molecule has 0 spiro atoms. The first-order valence-electron chi connectivity index (χ1n) is 17.1. The average molecular weight is 723 g/mol. The molecule has 2 unspecified atom stereocenters. The molecule has 0 radical (unpaired) electrons. The molecule has 52 heavy (non-hydrogen) atoms. The Morgan fingerprint density at radius 2 is 1.17 bits per heavy atom. The van der Waals surface area contributed by atoms with Crippen LogP contribution in [0.4, 0.5) is 20.2 Å². The van der Waals surface area contributed by atoms with E-state index in [0.29, 0.717) is 31.2 Å². The Kier molecular flexibility index (Phi) is 14.6. The zero-order valence-corrected chi connectivity index (χ0v) is 29.9. The van der Waals surface area contributed by atoms with E-state index in [2.05, 4.69) is 16.7 Å². The minimum atomic E-state index is -0.652. The van der Waals surface area contributed by atoms with Crippen molar-refractivity contribution in [3.05, 3.63) is 119 Å². The maximum atomic E-state index is 13.3. The number of benzene rings is 4. The lowest BCUT2D eigenvalue weighted by molar-refractivity contribution is -0.386. The second-order valence-electron chi connectivity index (χ2n) is 13.0. The molecule has 2 fully saturated rings. The van der Waals surface area contributed by atoms with E-state index in [1.54, 1.807) is 6.07 Å². The highest BCUT2D eigenvalue weighted by Crippen LogP contribution is 2.34. The van der Waals surface area contributed by atoms with Crippen molar-refractivity contribution in [2.45, 2.75) is 37.9 Å². The second kappa shape index (κ2) is 19.0. The van der Waals surface area contributed by atoms with Gasteiger partial charge in [0.2, 0.25) is 0 Å². The third kappa shape index (κ3) is 12.1. The van der Waals surface area contributed by atoms with Crippen LogP contribution >= 0.6 is 0 Å². The number of nitro groups is 1. The zero-order chi connectivity index (χ0) is 37.6. The van der Waals surface area contributed by atoms with Crippen molar-refractivity contribution in [2.75, 3.05) is 65.3 Å². The van der Waals surface area contributed by atoms with Crippen LogP contribution in [0.15, 0.2) is 97.1 Å². The lowest BCUT2D eigenvalue weighted by atomic mass is 10.1. The van der Waals surface area contributed by atoms with E-state index in [0.717, 1.165) is 70.2 Å². The zero-order valence-electron chi connectivity index (χ0n) is 29.9. The summed E-state index contributed by atoms with van der Waals surface area (Å²) in [5.74, 6) is 1.35. The van der Waals surface area contributed by atoms with Crippen LogP contribution in [0.5, 0.6) is 23.0 Å². The fourth-order valence-corrected chi connectivity index (χ4v) is 6.08. The molecular weight excluding hydrogens is 674 g/mol. The molecule has 0 bridgehead atoms. The number of anilines is 1. The number of para-hydroxylation sites is 2. The number of hydrogen-bond donors (Lipinski definition) is 2. The van der Waals surface area contributed by atoms with Gasteiger partial charge in [-0.1, -0.05) is 36.4 Å². The van der Waals surface area contributed by atoms with Gasteiger partial charge in [-0.05, 0) is 62.4 Å². The highest BCUT2D eigenvalue weighted by molar-refractivity contribution is 5.52. The van der Waals surface area contributed by atoms with Crippen molar-refractivity contribution in [3.8, 4) is 23.0 Å². The van der Waals surface area contributed by atoms with Crippen LogP contribution < -0.4 is 24.7 Å². The second-order valence-corrected chi connectivity index (χ2v) is 13.0. The number of halogens is 2. The Balaban J connectivity index is 0.000000223. The van der Waals surface area contributed by atoms with Crippen LogP contribution in [0.1, 0.15) is 26.7 Å². The molecule has 280 valence electrons. The average Bonchev–Trinajstić information content (AvgIpc) is 3.70. The number of aliphatic hydroxyl groups excluding tert-OH is 1. The molecule has 0 aromatic heterocycles. The van der Waals surface area contributed by atoms with Gasteiger partial charge in [-0.15, -0.1) is 0 Å². The van der Waals surface area contributed by atoms with Crippen molar-refractivity contribution in [1.29, 1.82) is 0 Å². The molecule has 2 aliphatic rings. The van der Waals surface area contributed by atoms with Crippen LogP contribution in [-0.2, 0) is 0 Å². The number of rotatable bonds is 13. The maximum Gasteiger partial charge on any atom is 0.313 e. The monoisotopic (exact) mass is 722 g/mol. The van der Waals surface area contributed by atoms with E-state index >= 15 is 0 Å². The molecule has 2 aliphatic heterocycles. The van der Waals surface area contributed by atoms with E-state index < -0.39 is 16.3 Å². The van der Waals surface area contributed by atoms with Crippen LogP contribution in [0, 0.1) is 21.7 Å². The quantitative estimate of drug-likeness (QED) is 0.0885. The molecule has 2 heterocycles. The van der Waals surface area contributed by atoms with Gasteiger partial charge in [-0.2, -0.15) is 0 Å². The highest BCUT2D eigenvalue weighted by atomic mass is 19.1. The predicted molar refractivity (Wildman–Crippen MR) is 196 cm³/mol. The minimum absolute atomic E-state index is 0.0984. The van der Waals surface area contributed by atoms with E-state index in [1.807, 2.05) is 67.6 Å². The summed E-state index contributed by atoms with van der Waals surface area (Å²) in [6, 6.07) is 27.0. The predicted octanol–water partition coefficient (Wildman–Crippen LogP) is 6.59. The van der Waals surface area contributed by atoms with Gasteiger partial charge < -0.3 is 29.8 Å². The van der Waals surface area contributed by atoms with Crippen molar-refractivity contribution in [2.24, 2.45) is 0 Å². The molecule has 0 amide bonds. The highest BCUT2D eigenvalue weighted by Gasteiger charge is 2.38. The van der Waals surface area contributed by atoms with Gasteiger partial charge in [0, 0.05) is 65.3 Å². The number of ether oxygens (including phenoxy) is 4. The van der Waals surface area contributed by atoms with Crippen molar-refractivity contribution in [3.63, 3.8) is 0 Å². The number of hydrogen-bond acceptors (Lipinski definition) is 10. The summed E-state index contributed by atoms with van der Waals surface area (Å²) in [5, 5.41) is 18.1. The summed E-state index contributed by atoms with van der Waals surface area (Å²) in [4.78, 5) is 15.0. The molecule has 0 saturated carbocycles. The molecule has 4 aromatic carbocycles. The first-order valence-corrected chi connectivity index (χ1v) is 17.1. The first kappa shape index (κ1) is 39.8. The molecule has 13 heteroatoms. The lowest BCUT2D eigenvalue weighted by Gasteiger charge is -2.27.